The van der Waals surface area contributed by atoms with Gasteiger partial charge < -0.3 is 18.9 Å². The number of rotatable bonds is 26. The van der Waals surface area contributed by atoms with Crippen molar-refractivity contribution in [1.82, 2.24) is 0 Å². The van der Waals surface area contributed by atoms with Crippen molar-refractivity contribution in [1.29, 1.82) is 0 Å². The fraction of sp³-hybridized carbons (Fsp3) is 0.774. The summed E-state index contributed by atoms with van der Waals surface area (Å²) < 4.78 is 24.5. The van der Waals surface area contributed by atoms with E-state index in [1.54, 1.807) is 0 Å². The summed E-state index contributed by atoms with van der Waals surface area (Å²) in [6.45, 7) is 38.9. The Morgan fingerprint density at radius 3 is 1.00 bits per heavy atom. The molecule has 4 rings (SSSR count). The molecule has 388 valence electrons. The zero-order valence-corrected chi connectivity index (χ0v) is 47.5. The molecule has 0 fully saturated rings. The fourth-order valence-electron chi connectivity index (χ4n) is 11.1. The van der Waals surface area contributed by atoms with Crippen LogP contribution in [-0.2, 0) is 22.4 Å². The van der Waals surface area contributed by atoms with Crippen LogP contribution in [0.1, 0.15) is 256 Å². The van der Waals surface area contributed by atoms with E-state index in [0.717, 1.165) is 130 Å². The van der Waals surface area contributed by atoms with Crippen LogP contribution in [0.4, 0.5) is 0 Å². The van der Waals surface area contributed by atoms with Gasteiger partial charge in [0, 0.05) is 25.0 Å². The van der Waals surface area contributed by atoms with Crippen molar-refractivity contribution in [3.05, 3.63) is 44.5 Å². The van der Waals surface area contributed by atoms with E-state index >= 15 is 0 Å². The average molecular weight is 946 g/mol. The summed E-state index contributed by atoms with van der Waals surface area (Å²) in [6, 6.07) is 0. The van der Waals surface area contributed by atoms with E-state index in [2.05, 4.69) is 96.9 Å². The van der Waals surface area contributed by atoms with E-state index in [1.807, 2.05) is 13.8 Å². The number of ether oxygens (including phenoxy) is 4. The first kappa shape index (κ1) is 59.3. The summed E-state index contributed by atoms with van der Waals surface area (Å²) in [5, 5.41) is 0. The zero-order chi connectivity index (χ0) is 50.9. The van der Waals surface area contributed by atoms with Gasteiger partial charge in [-0.3, -0.25) is 9.59 Å². The van der Waals surface area contributed by atoms with Gasteiger partial charge in [0.2, 0.25) is 0 Å². The number of hydrogen-bond acceptors (Lipinski definition) is 6. The first-order valence-electron chi connectivity index (χ1n) is 27.9. The van der Waals surface area contributed by atoms with Gasteiger partial charge in [-0.15, -0.1) is 0 Å². The molecule has 0 radical (unpaired) electrons. The highest BCUT2D eigenvalue weighted by Gasteiger charge is 2.36. The van der Waals surface area contributed by atoms with Gasteiger partial charge >= 0.3 is 11.9 Å². The highest BCUT2D eigenvalue weighted by molar-refractivity contribution is 5.73. The molecule has 6 nitrogen and oxygen atoms in total. The van der Waals surface area contributed by atoms with Crippen LogP contribution in [0.25, 0.3) is 0 Å². The summed E-state index contributed by atoms with van der Waals surface area (Å²) >= 11 is 0. The number of hydrogen-bond donors (Lipinski definition) is 0. The van der Waals surface area contributed by atoms with Crippen molar-refractivity contribution in [2.45, 2.75) is 277 Å². The predicted octanol–water partition coefficient (Wildman–Crippen LogP) is 18.1. The van der Waals surface area contributed by atoms with E-state index in [1.165, 1.54) is 128 Å². The molecule has 0 saturated heterocycles. The predicted molar refractivity (Wildman–Crippen MR) is 288 cm³/mol. The van der Waals surface area contributed by atoms with Crippen LogP contribution in [0.3, 0.4) is 0 Å². The highest BCUT2D eigenvalue weighted by Crippen LogP contribution is 2.47. The van der Waals surface area contributed by atoms with E-state index < -0.39 is 0 Å². The molecule has 2 aromatic carbocycles. The molecule has 2 aliphatic rings. The lowest BCUT2D eigenvalue weighted by Gasteiger charge is -2.38. The monoisotopic (exact) mass is 945 g/mol. The van der Waals surface area contributed by atoms with Crippen LogP contribution in [0.15, 0.2) is 0 Å². The Morgan fingerprint density at radius 2 is 0.721 bits per heavy atom. The summed E-state index contributed by atoms with van der Waals surface area (Å²) in [7, 11) is 0. The molecule has 0 spiro atoms. The third-order valence-corrected chi connectivity index (χ3v) is 16.2. The lowest BCUT2D eigenvalue weighted by atomic mass is 9.83. The highest BCUT2D eigenvalue weighted by atomic mass is 16.5. The molecule has 0 saturated carbocycles. The number of carbonyl (C=O) groups is 2. The summed E-state index contributed by atoms with van der Waals surface area (Å²) in [6.07, 6.45) is 27.7. The average Bonchev–Trinajstić information content (AvgIpc) is 3.24. The number of esters is 2. The van der Waals surface area contributed by atoms with E-state index in [9.17, 15) is 9.59 Å². The molecule has 0 aliphatic carbocycles. The second kappa shape index (κ2) is 28.1. The van der Waals surface area contributed by atoms with Gasteiger partial charge in [-0.1, -0.05) is 145 Å². The summed E-state index contributed by atoms with van der Waals surface area (Å²) in [4.78, 5) is 23.2. The second-order valence-corrected chi connectivity index (χ2v) is 24.0. The van der Waals surface area contributed by atoms with Crippen LogP contribution < -0.4 is 18.9 Å². The SMILES string of the molecule is CC(=O)Oc1c(C)c(C)c2c(c1C)CCC(C)(CCCC(C)CCCC(C)CCCC(C)C)O2.CC(=O)Oc1c(C)c(C)c2c(c1C)CCC(C)(CCCC(C)CCCC(C)CCCC(C)C)O2. The Kier molecular flexibility index (Phi) is 24.5. The summed E-state index contributed by atoms with van der Waals surface area (Å²) in [5.74, 6) is 7.98. The molecule has 6 heteroatoms. The van der Waals surface area contributed by atoms with Crippen molar-refractivity contribution in [3.8, 4) is 23.0 Å². The quantitative estimate of drug-likeness (QED) is 0.0691. The largest absolute Gasteiger partial charge is 0.487 e. The third kappa shape index (κ3) is 19.0. The van der Waals surface area contributed by atoms with Crippen molar-refractivity contribution >= 4 is 11.9 Å². The normalized spacial score (nSPS) is 19.5. The Morgan fingerprint density at radius 1 is 0.441 bits per heavy atom. The molecule has 0 aromatic heterocycles. The van der Waals surface area contributed by atoms with Crippen molar-refractivity contribution < 1.29 is 28.5 Å². The number of benzene rings is 2. The van der Waals surface area contributed by atoms with Crippen LogP contribution in [0, 0.1) is 77.0 Å². The second-order valence-electron chi connectivity index (χ2n) is 24.0. The molecule has 2 aliphatic heterocycles. The van der Waals surface area contributed by atoms with Gasteiger partial charge in [0.05, 0.1) is 0 Å². The first-order valence-corrected chi connectivity index (χ1v) is 27.9. The van der Waals surface area contributed by atoms with Gasteiger partial charge in [-0.05, 0) is 176 Å². The smallest absolute Gasteiger partial charge is 0.308 e. The Bertz CT molecular complexity index is 1750. The maximum atomic E-state index is 11.6. The maximum Gasteiger partial charge on any atom is 0.308 e. The van der Waals surface area contributed by atoms with E-state index in [4.69, 9.17) is 18.9 Å². The lowest BCUT2D eigenvalue weighted by Crippen LogP contribution is -2.37. The number of carbonyl (C=O) groups excluding carboxylic acids is 2. The summed E-state index contributed by atoms with van der Waals surface area (Å²) in [5.41, 5.74) is 8.59. The minimum absolute atomic E-state index is 0.107. The molecule has 0 amide bonds. The van der Waals surface area contributed by atoms with Crippen molar-refractivity contribution in [2.24, 2.45) is 35.5 Å². The van der Waals surface area contributed by atoms with Gasteiger partial charge in [0.25, 0.3) is 0 Å². The van der Waals surface area contributed by atoms with Crippen LogP contribution in [0.5, 0.6) is 23.0 Å². The molecule has 68 heavy (non-hydrogen) atoms. The van der Waals surface area contributed by atoms with Crippen LogP contribution >= 0.6 is 0 Å². The lowest BCUT2D eigenvalue weighted by molar-refractivity contribution is -0.132. The van der Waals surface area contributed by atoms with Gasteiger partial charge in [-0.2, -0.15) is 0 Å². The maximum absolute atomic E-state index is 11.6. The van der Waals surface area contributed by atoms with Crippen molar-refractivity contribution in [3.63, 3.8) is 0 Å². The van der Waals surface area contributed by atoms with Gasteiger partial charge in [0.15, 0.2) is 0 Å². The number of fused-ring (bicyclic) bond motifs is 2. The van der Waals surface area contributed by atoms with E-state index in [0.29, 0.717) is 0 Å². The Labute approximate surface area is 419 Å². The minimum Gasteiger partial charge on any atom is -0.487 e. The molecular formula is C62H104O6. The molecule has 6 atom stereocenters. The molecule has 2 aromatic rings. The molecule has 6 unspecified atom stereocenters. The van der Waals surface area contributed by atoms with Crippen LogP contribution in [0.2, 0.25) is 0 Å². The van der Waals surface area contributed by atoms with Crippen molar-refractivity contribution in [2.75, 3.05) is 0 Å². The van der Waals surface area contributed by atoms with Gasteiger partial charge in [-0.25, -0.2) is 0 Å². The zero-order valence-electron chi connectivity index (χ0n) is 47.5. The Hall–Kier alpha value is -3.02. The topological polar surface area (TPSA) is 71.1 Å². The van der Waals surface area contributed by atoms with E-state index in [-0.39, 0.29) is 23.1 Å². The molecule has 0 bridgehead atoms. The Balaban J connectivity index is 0.000000360. The standard InChI is InChI=1S/2C31H52O3/c2*1-21(2)13-10-14-22(3)15-11-16-23(4)17-12-19-31(9)20-18-28-26(7)29(33-27(8)32)24(5)25(6)30(28)34-31/h2*21-23H,10-20H2,1-9H3. The molecule has 2 heterocycles. The molecular weight excluding hydrogens is 841 g/mol. The van der Waals surface area contributed by atoms with Crippen LogP contribution in [-0.4, -0.2) is 23.1 Å². The minimum atomic E-state index is -0.262. The fourth-order valence-corrected chi connectivity index (χ4v) is 11.1. The third-order valence-electron chi connectivity index (χ3n) is 16.2. The first-order chi connectivity index (χ1) is 31.9. The van der Waals surface area contributed by atoms with Gasteiger partial charge in [0.1, 0.15) is 34.2 Å². The molecule has 0 N–H and O–H groups in total.